The molecule has 0 bridgehead atoms. The number of carbonyl (C=O) groups is 3. The summed E-state index contributed by atoms with van der Waals surface area (Å²) in [4.78, 5) is 42.6. The van der Waals surface area contributed by atoms with Crippen LogP contribution in [0.2, 0.25) is 0 Å². The van der Waals surface area contributed by atoms with Crippen LogP contribution >= 0.6 is 11.8 Å². The Kier molecular flexibility index (Phi) is 12.3. The third-order valence-corrected chi connectivity index (χ3v) is 14.0. The van der Waals surface area contributed by atoms with Crippen LogP contribution in [0.5, 0.6) is 0 Å². The smallest absolute Gasteiger partial charge is 0.442 e. The van der Waals surface area contributed by atoms with E-state index >= 15 is 0 Å². The predicted octanol–water partition coefficient (Wildman–Crippen LogP) is 7.60. The van der Waals surface area contributed by atoms with Crippen molar-refractivity contribution in [1.82, 2.24) is 4.90 Å². The van der Waals surface area contributed by atoms with Gasteiger partial charge >= 0.3 is 23.8 Å². The molecular formula is C38H54F3N3O6S. The van der Waals surface area contributed by atoms with Crippen LogP contribution in [-0.2, 0) is 24.7 Å². The molecule has 5 rings (SSSR count). The van der Waals surface area contributed by atoms with Gasteiger partial charge in [-0.1, -0.05) is 39.8 Å². The molecule has 2 aliphatic carbocycles. The van der Waals surface area contributed by atoms with Crippen LogP contribution in [0.15, 0.2) is 34.5 Å². The Hall–Kier alpha value is -2.51. The van der Waals surface area contributed by atoms with Gasteiger partial charge in [-0.25, -0.2) is 4.79 Å². The number of hydrogen-bond acceptors (Lipinski definition) is 10. The lowest BCUT2D eigenvalue weighted by atomic mass is 9.47. The standard InChI is InChI=1S/C38H54F3N3O6S/c1-6-29(45)25(3)36-17-13-24(2)35(4,33(36)30(46)14-18-36)31(50-32(47)23-51-22-26-15-19-44(5)20-16-26)8-7-21-49-34(48)27-9-11-28(12-10-27)37(42-43-37)38(39,40)41/h9-12,24-26,29,31,33,45H,6-8,13-23H2,1-5H3/t24-,25+,29-,31-,33?,35+,36+/m1/s1. The van der Waals surface area contributed by atoms with Gasteiger partial charge < -0.3 is 19.5 Å². The molecule has 2 heterocycles. The van der Waals surface area contributed by atoms with E-state index < -0.39 is 40.8 Å². The number of piperidine rings is 1. The first-order valence-corrected chi connectivity index (χ1v) is 19.7. The van der Waals surface area contributed by atoms with Gasteiger partial charge in [0, 0.05) is 23.3 Å². The zero-order valence-corrected chi connectivity index (χ0v) is 31.4. The second kappa shape index (κ2) is 15.8. The third kappa shape index (κ3) is 8.05. The van der Waals surface area contributed by atoms with Crippen molar-refractivity contribution < 1.29 is 42.1 Å². The Balaban J connectivity index is 1.28. The van der Waals surface area contributed by atoms with Crippen LogP contribution in [0.4, 0.5) is 13.2 Å². The molecule has 4 aliphatic rings. The number of likely N-dealkylation sites (tertiary alicyclic amines) is 1. The molecule has 2 saturated carbocycles. The number of rotatable bonds is 15. The molecule has 9 nitrogen and oxygen atoms in total. The molecule has 51 heavy (non-hydrogen) atoms. The summed E-state index contributed by atoms with van der Waals surface area (Å²) >= 11 is 1.59. The number of fused-ring (bicyclic) bond motifs is 1. The maximum Gasteiger partial charge on any atom is 0.442 e. The maximum atomic E-state index is 13.9. The third-order valence-electron chi connectivity index (χ3n) is 12.8. The Bertz CT molecular complexity index is 1430. The summed E-state index contributed by atoms with van der Waals surface area (Å²) in [5.41, 5.74) is -3.74. The average molecular weight is 738 g/mol. The number of aliphatic hydroxyl groups is 1. The maximum absolute atomic E-state index is 13.9. The van der Waals surface area contributed by atoms with Gasteiger partial charge in [0.25, 0.3) is 0 Å². The van der Waals surface area contributed by atoms with Crippen LogP contribution in [0.3, 0.4) is 0 Å². The minimum atomic E-state index is -4.66. The molecule has 3 fully saturated rings. The van der Waals surface area contributed by atoms with Gasteiger partial charge in [0.05, 0.1) is 24.0 Å². The van der Waals surface area contributed by atoms with E-state index in [2.05, 4.69) is 42.9 Å². The highest BCUT2D eigenvalue weighted by molar-refractivity contribution is 7.99. The summed E-state index contributed by atoms with van der Waals surface area (Å²) in [5, 5.41) is 17.4. The lowest BCUT2D eigenvalue weighted by Gasteiger charge is -2.58. The van der Waals surface area contributed by atoms with Gasteiger partial charge in [-0.2, -0.15) is 13.2 Å². The van der Waals surface area contributed by atoms with Gasteiger partial charge in [0.2, 0.25) is 0 Å². The quantitative estimate of drug-likeness (QED) is 0.145. The van der Waals surface area contributed by atoms with Gasteiger partial charge in [0.1, 0.15) is 11.9 Å². The molecule has 284 valence electrons. The number of benzene rings is 1. The van der Waals surface area contributed by atoms with Crippen molar-refractivity contribution in [3.8, 4) is 0 Å². The Labute approximate surface area is 303 Å². The molecule has 2 aliphatic heterocycles. The topological polar surface area (TPSA) is 118 Å². The van der Waals surface area contributed by atoms with Crippen molar-refractivity contribution in [2.75, 3.05) is 38.2 Å². The summed E-state index contributed by atoms with van der Waals surface area (Å²) in [6.07, 6.45) is 0.474. The second-order valence-electron chi connectivity index (χ2n) is 15.7. The summed E-state index contributed by atoms with van der Waals surface area (Å²) in [6.45, 7) is 10.3. The lowest BCUT2D eigenvalue weighted by molar-refractivity contribution is -0.183. The number of ether oxygens (including phenoxy) is 2. The fourth-order valence-corrected chi connectivity index (χ4v) is 10.3. The molecule has 0 aromatic heterocycles. The zero-order valence-electron chi connectivity index (χ0n) is 30.5. The summed E-state index contributed by atoms with van der Waals surface area (Å²) in [6, 6.07) is 4.89. The van der Waals surface area contributed by atoms with Gasteiger partial charge in [-0.15, -0.1) is 22.0 Å². The van der Waals surface area contributed by atoms with Crippen LogP contribution in [0.1, 0.15) is 101 Å². The number of esters is 2. The molecular weight excluding hydrogens is 683 g/mol. The van der Waals surface area contributed by atoms with Gasteiger partial charge in [-0.3, -0.25) is 9.59 Å². The van der Waals surface area contributed by atoms with E-state index in [1.54, 1.807) is 11.8 Å². The van der Waals surface area contributed by atoms with E-state index in [0.717, 1.165) is 44.5 Å². The molecule has 7 atom stereocenters. The van der Waals surface area contributed by atoms with E-state index in [4.69, 9.17) is 9.47 Å². The first-order valence-electron chi connectivity index (χ1n) is 18.5. The fraction of sp³-hybridized carbons (Fsp3) is 0.763. The summed E-state index contributed by atoms with van der Waals surface area (Å²) in [5.74, 6) is 0.370. The van der Waals surface area contributed by atoms with Crippen LogP contribution < -0.4 is 0 Å². The first kappa shape index (κ1) is 39.7. The molecule has 1 aromatic carbocycles. The van der Waals surface area contributed by atoms with E-state index in [1.165, 1.54) is 24.3 Å². The highest BCUT2D eigenvalue weighted by Crippen LogP contribution is 2.65. The first-order chi connectivity index (χ1) is 24.1. The predicted molar refractivity (Wildman–Crippen MR) is 188 cm³/mol. The number of carbonyl (C=O) groups excluding carboxylic acids is 3. The molecule has 0 radical (unpaired) electrons. The van der Waals surface area contributed by atoms with Gasteiger partial charge in [-0.05, 0) is 113 Å². The molecule has 1 saturated heterocycles. The van der Waals surface area contributed by atoms with Crippen LogP contribution in [0, 0.1) is 34.5 Å². The van der Waals surface area contributed by atoms with Gasteiger partial charge in [0.15, 0.2) is 0 Å². The lowest BCUT2D eigenvalue weighted by Crippen LogP contribution is -2.58. The summed E-state index contributed by atoms with van der Waals surface area (Å²) in [7, 11) is 2.12. The number of Topliss-reactive ketones (excluding diaryl/α,β-unsaturated/α-hetero) is 1. The number of ketones is 1. The van der Waals surface area contributed by atoms with Crippen molar-refractivity contribution in [3.63, 3.8) is 0 Å². The highest BCUT2D eigenvalue weighted by atomic mass is 32.2. The SMILES string of the molecule is CC[C@@H](O)[C@H](C)[C@]12CCC(=O)C1[C@](C)([C@@H](CCCOC(=O)c1ccc(C3(C(F)(F)F)N=N3)cc1)OC(=O)CSCC1CCN(C)CC1)[C@H](C)CC2. The zero-order chi connectivity index (χ0) is 37.2. The molecule has 1 aromatic rings. The largest absolute Gasteiger partial charge is 0.462 e. The van der Waals surface area contributed by atoms with E-state index in [9.17, 15) is 32.7 Å². The molecule has 13 heteroatoms. The minimum Gasteiger partial charge on any atom is -0.462 e. The number of hydrogen-bond donors (Lipinski definition) is 1. The molecule has 0 amide bonds. The van der Waals surface area contributed by atoms with Crippen LogP contribution in [0.25, 0.3) is 0 Å². The minimum absolute atomic E-state index is 0.00413. The number of halogens is 3. The molecule has 1 N–H and O–H groups in total. The van der Waals surface area contributed by atoms with E-state index in [-0.39, 0.29) is 53.0 Å². The van der Waals surface area contributed by atoms with E-state index in [0.29, 0.717) is 38.0 Å². The van der Waals surface area contributed by atoms with Crippen molar-refractivity contribution >= 4 is 29.5 Å². The average Bonchev–Trinajstić information content (AvgIpc) is 3.86. The fourth-order valence-electron chi connectivity index (χ4n) is 9.27. The summed E-state index contributed by atoms with van der Waals surface area (Å²) < 4.78 is 52.1. The van der Waals surface area contributed by atoms with Crippen LogP contribution in [-0.4, -0.2) is 84.4 Å². The normalized spacial score (nSPS) is 29.6. The van der Waals surface area contributed by atoms with Crippen molar-refractivity contribution in [3.05, 3.63) is 35.4 Å². The Morgan fingerprint density at radius 1 is 1.12 bits per heavy atom. The van der Waals surface area contributed by atoms with Crippen molar-refractivity contribution in [2.45, 2.75) is 110 Å². The number of aliphatic hydroxyl groups excluding tert-OH is 1. The number of nitrogens with zero attached hydrogens (tertiary/aromatic N) is 3. The van der Waals surface area contributed by atoms with Crippen molar-refractivity contribution in [2.24, 2.45) is 44.7 Å². The van der Waals surface area contributed by atoms with E-state index in [1.807, 2.05) is 6.92 Å². The Morgan fingerprint density at radius 3 is 2.39 bits per heavy atom. The highest BCUT2D eigenvalue weighted by Gasteiger charge is 2.66. The molecule has 0 spiro atoms. The number of alkyl halides is 3. The molecule has 1 unspecified atom stereocenters. The second-order valence-corrected chi connectivity index (χ2v) is 16.7. The Morgan fingerprint density at radius 2 is 1.78 bits per heavy atom. The monoisotopic (exact) mass is 737 g/mol. The van der Waals surface area contributed by atoms with Crippen molar-refractivity contribution in [1.29, 1.82) is 0 Å². The number of thioether (sulfide) groups is 1.